The van der Waals surface area contributed by atoms with E-state index in [1.807, 2.05) is 77.6 Å². The third-order valence-electron chi connectivity index (χ3n) is 3.65. The highest BCUT2D eigenvalue weighted by Crippen LogP contribution is 2.34. The number of carbonyl (C=O) groups is 1. The number of aromatic nitrogens is 1. The van der Waals surface area contributed by atoms with Crippen molar-refractivity contribution < 1.29 is 9.53 Å². The molecule has 0 radical (unpaired) electrons. The second-order valence-corrected chi connectivity index (χ2v) is 6.79. The molecule has 0 atom stereocenters. The van der Waals surface area contributed by atoms with Crippen molar-refractivity contribution in [3.8, 4) is 0 Å². The van der Waals surface area contributed by atoms with E-state index in [2.05, 4.69) is 21.2 Å². The van der Waals surface area contributed by atoms with Gasteiger partial charge in [0.25, 0.3) is 0 Å². The average molecular weight is 449 g/mol. The fraction of sp³-hybridized carbons (Fsp3) is 0.105. The van der Waals surface area contributed by atoms with E-state index in [4.69, 9.17) is 4.74 Å². The quantitative estimate of drug-likeness (QED) is 0.363. The molecule has 24 heavy (non-hydrogen) atoms. The van der Waals surface area contributed by atoms with Gasteiger partial charge < -0.3 is 4.74 Å². The zero-order valence-electron chi connectivity index (χ0n) is 13.1. The molecular formula is C19H16INO2S. The smallest absolute Gasteiger partial charge is 0.356 e. The highest BCUT2D eigenvalue weighted by atomic mass is 127. The summed E-state index contributed by atoms with van der Waals surface area (Å²) in [6.45, 7) is 2.18. The number of hydrogen-bond donors (Lipinski definition) is 0. The Labute approximate surface area is 157 Å². The highest BCUT2D eigenvalue weighted by Gasteiger charge is 2.22. The Balaban J connectivity index is 2.19. The SMILES string of the molecule is CCOC(=O)c1c(/C=C/c2ccccc2)c2ccccc2n1SI. The minimum Gasteiger partial charge on any atom is -0.461 e. The Morgan fingerprint density at radius 3 is 2.54 bits per heavy atom. The number of esters is 1. The van der Waals surface area contributed by atoms with Gasteiger partial charge in [0, 0.05) is 41.3 Å². The number of carbonyl (C=O) groups excluding carboxylic acids is 1. The zero-order valence-corrected chi connectivity index (χ0v) is 16.1. The summed E-state index contributed by atoms with van der Waals surface area (Å²) in [7, 11) is 1.47. The van der Waals surface area contributed by atoms with E-state index in [1.54, 1.807) is 0 Å². The molecule has 0 aliphatic heterocycles. The minimum atomic E-state index is -0.300. The molecule has 0 fully saturated rings. The zero-order chi connectivity index (χ0) is 16.9. The van der Waals surface area contributed by atoms with E-state index in [-0.39, 0.29) is 5.97 Å². The third kappa shape index (κ3) is 3.37. The molecule has 0 unspecified atom stereocenters. The van der Waals surface area contributed by atoms with Gasteiger partial charge in [-0.25, -0.2) is 4.79 Å². The van der Waals surface area contributed by atoms with Gasteiger partial charge in [0.05, 0.1) is 12.1 Å². The van der Waals surface area contributed by atoms with Gasteiger partial charge in [-0.05, 0) is 18.6 Å². The summed E-state index contributed by atoms with van der Waals surface area (Å²) in [5, 5.41) is 1.04. The summed E-state index contributed by atoms with van der Waals surface area (Å²) < 4.78 is 7.21. The van der Waals surface area contributed by atoms with Crippen molar-refractivity contribution in [2.45, 2.75) is 6.92 Å². The molecule has 0 bridgehead atoms. The molecule has 0 saturated heterocycles. The molecule has 3 rings (SSSR count). The second-order valence-electron chi connectivity index (χ2n) is 5.11. The van der Waals surface area contributed by atoms with E-state index in [9.17, 15) is 4.79 Å². The number of rotatable bonds is 5. The van der Waals surface area contributed by atoms with Crippen molar-refractivity contribution in [3.63, 3.8) is 0 Å². The number of ether oxygens (including phenoxy) is 1. The fourth-order valence-corrected chi connectivity index (χ4v) is 4.32. The van der Waals surface area contributed by atoms with E-state index < -0.39 is 0 Å². The van der Waals surface area contributed by atoms with Crippen LogP contribution in [0.4, 0.5) is 0 Å². The van der Waals surface area contributed by atoms with Crippen LogP contribution in [0.15, 0.2) is 54.6 Å². The Kier molecular flexibility index (Phi) is 5.63. The first kappa shape index (κ1) is 17.1. The van der Waals surface area contributed by atoms with Crippen molar-refractivity contribution in [2.24, 2.45) is 0 Å². The molecule has 0 aliphatic rings. The summed E-state index contributed by atoms with van der Waals surface area (Å²) >= 11 is 2.19. The number of benzene rings is 2. The summed E-state index contributed by atoms with van der Waals surface area (Å²) in [6, 6.07) is 18.1. The van der Waals surface area contributed by atoms with E-state index in [0.717, 1.165) is 22.0 Å². The van der Waals surface area contributed by atoms with Crippen LogP contribution in [-0.4, -0.2) is 16.5 Å². The van der Waals surface area contributed by atoms with Crippen LogP contribution < -0.4 is 0 Å². The van der Waals surface area contributed by atoms with Crippen LogP contribution in [0.25, 0.3) is 23.1 Å². The maximum Gasteiger partial charge on any atom is 0.356 e. The lowest BCUT2D eigenvalue weighted by atomic mass is 10.1. The number of hydrogen-bond acceptors (Lipinski definition) is 3. The molecule has 1 aromatic heterocycles. The van der Waals surface area contributed by atoms with Crippen LogP contribution in [0.5, 0.6) is 0 Å². The fourth-order valence-electron chi connectivity index (χ4n) is 2.61. The average Bonchev–Trinajstić information content (AvgIpc) is 2.94. The van der Waals surface area contributed by atoms with Crippen LogP contribution in [0.1, 0.15) is 28.5 Å². The number of nitrogens with zero attached hydrogens (tertiary/aromatic N) is 1. The maximum atomic E-state index is 12.5. The maximum absolute atomic E-state index is 12.5. The van der Waals surface area contributed by atoms with Crippen LogP contribution in [0, 0.1) is 0 Å². The molecule has 1 heterocycles. The van der Waals surface area contributed by atoms with Crippen LogP contribution in [-0.2, 0) is 4.74 Å². The largest absolute Gasteiger partial charge is 0.461 e. The molecular weight excluding hydrogens is 433 g/mol. The molecule has 0 saturated carbocycles. The standard InChI is InChI=1S/C19H16INO2S/c1-2-23-19(22)18-16(13-12-14-8-4-3-5-9-14)15-10-6-7-11-17(15)21(18)24-20/h3-13H,2H2,1H3/b13-12+. The Morgan fingerprint density at radius 2 is 1.83 bits per heavy atom. The molecule has 0 N–H and O–H groups in total. The first-order chi connectivity index (χ1) is 11.8. The summed E-state index contributed by atoms with van der Waals surface area (Å²) in [5.41, 5.74) is 3.56. The Morgan fingerprint density at radius 1 is 1.12 bits per heavy atom. The van der Waals surface area contributed by atoms with Gasteiger partial charge in [-0.3, -0.25) is 3.97 Å². The van der Waals surface area contributed by atoms with Gasteiger partial charge in [-0.15, -0.1) is 0 Å². The number of halogens is 1. The van der Waals surface area contributed by atoms with Crippen molar-refractivity contribution in [1.82, 2.24) is 3.97 Å². The predicted octanol–water partition coefficient (Wildman–Crippen LogP) is 5.83. The first-order valence-electron chi connectivity index (χ1n) is 7.59. The first-order valence-corrected chi connectivity index (χ1v) is 10.9. The molecule has 3 nitrogen and oxygen atoms in total. The van der Waals surface area contributed by atoms with E-state index in [0.29, 0.717) is 12.3 Å². The normalized spacial score (nSPS) is 11.2. The van der Waals surface area contributed by atoms with Crippen molar-refractivity contribution >= 4 is 59.3 Å². The Bertz CT molecular complexity index is 887. The molecule has 0 spiro atoms. The van der Waals surface area contributed by atoms with Crippen LogP contribution in [0.3, 0.4) is 0 Å². The van der Waals surface area contributed by atoms with Crippen molar-refractivity contribution in [1.29, 1.82) is 0 Å². The van der Waals surface area contributed by atoms with E-state index in [1.165, 1.54) is 9.12 Å². The number of para-hydroxylation sites is 1. The van der Waals surface area contributed by atoms with Gasteiger partial charge >= 0.3 is 5.97 Å². The predicted molar refractivity (Wildman–Crippen MR) is 110 cm³/mol. The Hall–Kier alpha value is -1.73. The van der Waals surface area contributed by atoms with Gasteiger partial charge in [-0.2, -0.15) is 0 Å². The van der Waals surface area contributed by atoms with Crippen LogP contribution >= 0.6 is 30.3 Å². The summed E-state index contributed by atoms with van der Waals surface area (Å²) in [4.78, 5) is 12.5. The highest BCUT2D eigenvalue weighted by molar-refractivity contribution is 14.2. The molecule has 3 aromatic rings. The third-order valence-corrected chi connectivity index (χ3v) is 5.35. The number of fused-ring (bicyclic) bond motifs is 1. The lowest BCUT2D eigenvalue weighted by Crippen LogP contribution is -2.09. The van der Waals surface area contributed by atoms with Crippen molar-refractivity contribution in [3.05, 3.63) is 71.4 Å². The lowest BCUT2D eigenvalue weighted by molar-refractivity contribution is 0.0519. The molecule has 5 heteroatoms. The molecule has 0 amide bonds. The molecule has 2 aromatic carbocycles. The van der Waals surface area contributed by atoms with Gasteiger partial charge in [0.15, 0.2) is 0 Å². The summed E-state index contributed by atoms with van der Waals surface area (Å²) in [6.07, 6.45) is 4.01. The topological polar surface area (TPSA) is 31.2 Å². The minimum absolute atomic E-state index is 0.300. The monoisotopic (exact) mass is 449 g/mol. The van der Waals surface area contributed by atoms with Crippen LogP contribution in [0.2, 0.25) is 0 Å². The van der Waals surface area contributed by atoms with Gasteiger partial charge in [0.1, 0.15) is 5.69 Å². The molecule has 122 valence electrons. The summed E-state index contributed by atoms with van der Waals surface area (Å²) in [5.74, 6) is -0.300. The lowest BCUT2D eigenvalue weighted by Gasteiger charge is -2.06. The van der Waals surface area contributed by atoms with Gasteiger partial charge in [0.2, 0.25) is 0 Å². The van der Waals surface area contributed by atoms with Gasteiger partial charge in [-0.1, -0.05) is 60.7 Å². The van der Waals surface area contributed by atoms with E-state index >= 15 is 0 Å². The van der Waals surface area contributed by atoms with Crippen molar-refractivity contribution in [2.75, 3.05) is 6.61 Å². The second kappa shape index (κ2) is 7.90. The molecule has 0 aliphatic carbocycles.